The summed E-state index contributed by atoms with van der Waals surface area (Å²) in [5.74, 6) is -1.27. The number of nitrogens with one attached hydrogen (secondary N) is 1. The molecule has 0 saturated heterocycles. The minimum Gasteiger partial charge on any atom is -0.388 e. The van der Waals surface area contributed by atoms with Crippen molar-refractivity contribution >= 4 is 21.6 Å². The Morgan fingerprint density at radius 1 is 1.11 bits per heavy atom. The Labute approximate surface area is 120 Å². The smallest absolute Gasteiger partial charge is 0.149 e. The summed E-state index contributed by atoms with van der Waals surface area (Å²) >= 11 is 3.03. The van der Waals surface area contributed by atoms with Crippen molar-refractivity contribution in [2.24, 2.45) is 0 Å². The van der Waals surface area contributed by atoms with Gasteiger partial charge in [0.05, 0.1) is 15.8 Å². The Morgan fingerprint density at radius 3 is 2.37 bits per heavy atom. The molecule has 1 aromatic rings. The highest BCUT2D eigenvalue weighted by molar-refractivity contribution is 9.10. The van der Waals surface area contributed by atoms with Gasteiger partial charge in [-0.2, -0.15) is 0 Å². The fraction of sp³-hybridized carbons (Fsp3) is 0.571. The quantitative estimate of drug-likeness (QED) is 0.641. The molecule has 5 heteroatoms. The second-order valence-electron chi connectivity index (χ2n) is 5.24. The van der Waals surface area contributed by atoms with Gasteiger partial charge in [0.2, 0.25) is 0 Å². The van der Waals surface area contributed by atoms with E-state index in [1.54, 1.807) is 0 Å². The van der Waals surface area contributed by atoms with Crippen LogP contribution in [0.15, 0.2) is 16.6 Å². The lowest BCUT2D eigenvalue weighted by molar-refractivity contribution is 0.0381. The normalized spacial score (nSPS) is 18.9. The van der Waals surface area contributed by atoms with Crippen molar-refractivity contribution in [3.05, 3.63) is 28.2 Å². The summed E-state index contributed by atoms with van der Waals surface area (Å²) in [6.07, 6.45) is 5.72. The fourth-order valence-corrected chi connectivity index (χ4v) is 2.82. The lowest BCUT2D eigenvalue weighted by Crippen LogP contribution is -2.36. The van der Waals surface area contributed by atoms with Gasteiger partial charge in [0.15, 0.2) is 0 Å². The summed E-state index contributed by atoms with van der Waals surface area (Å²) in [6.45, 7) is 0.294. The highest BCUT2D eigenvalue weighted by Gasteiger charge is 2.28. The van der Waals surface area contributed by atoms with Crippen LogP contribution in [0.1, 0.15) is 38.5 Å². The van der Waals surface area contributed by atoms with Crippen molar-refractivity contribution in [1.29, 1.82) is 0 Å². The number of halogens is 3. The van der Waals surface area contributed by atoms with Gasteiger partial charge >= 0.3 is 0 Å². The highest BCUT2D eigenvalue weighted by Crippen LogP contribution is 2.29. The second-order valence-corrected chi connectivity index (χ2v) is 6.09. The van der Waals surface area contributed by atoms with Gasteiger partial charge in [0.25, 0.3) is 0 Å². The van der Waals surface area contributed by atoms with E-state index in [2.05, 4.69) is 21.2 Å². The molecule has 0 aliphatic heterocycles. The van der Waals surface area contributed by atoms with Crippen molar-refractivity contribution < 1.29 is 13.9 Å². The number of rotatable bonds is 3. The monoisotopic (exact) mass is 333 g/mol. The van der Waals surface area contributed by atoms with Crippen molar-refractivity contribution in [2.75, 3.05) is 11.9 Å². The van der Waals surface area contributed by atoms with Gasteiger partial charge in [0.1, 0.15) is 11.6 Å². The molecule has 0 spiro atoms. The molecule has 0 bridgehead atoms. The molecule has 0 aromatic heterocycles. The first kappa shape index (κ1) is 14.7. The lowest BCUT2D eigenvalue weighted by atomic mass is 9.94. The van der Waals surface area contributed by atoms with E-state index < -0.39 is 17.2 Å². The molecule has 2 N–H and O–H groups in total. The van der Waals surface area contributed by atoms with E-state index in [0.717, 1.165) is 44.6 Å². The van der Waals surface area contributed by atoms with Gasteiger partial charge in [-0.1, -0.05) is 25.7 Å². The molecule has 19 heavy (non-hydrogen) atoms. The Balaban J connectivity index is 2.03. The maximum atomic E-state index is 13.6. The van der Waals surface area contributed by atoms with E-state index in [-0.39, 0.29) is 10.2 Å². The first-order valence-electron chi connectivity index (χ1n) is 6.61. The summed E-state index contributed by atoms with van der Waals surface area (Å²) < 4.78 is 26.9. The maximum absolute atomic E-state index is 13.6. The summed E-state index contributed by atoms with van der Waals surface area (Å²) in [4.78, 5) is 0. The van der Waals surface area contributed by atoms with Crippen LogP contribution in [0.3, 0.4) is 0 Å². The Hall–Kier alpha value is -0.680. The third-order valence-electron chi connectivity index (χ3n) is 3.65. The van der Waals surface area contributed by atoms with Crippen molar-refractivity contribution in [2.45, 2.75) is 44.1 Å². The molecule has 2 rings (SSSR count). The van der Waals surface area contributed by atoms with E-state index in [4.69, 9.17) is 0 Å². The van der Waals surface area contributed by atoms with Gasteiger partial charge in [-0.15, -0.1) is 0 Å². The summed E-state index contributed by atoms with van der Waals surface area (Å²) in [5.41, 5.74) is -0.574. The van der Waals surface area contributed by atoms with Crippen molar-refractivity contribution in [3.63, 3.8) is 0 Å². The Bertz CT molecular complexity index is 445. The van der Waals surface area contributed by atoms with Crippen LogP contribution in [0, 0.1) is 11.6 Å². The minimum atomic E-state index is -0.788. The molecule has 1 aliphatic rings. The zero-order valence-corrected chi connectivity index (χ0v) is 12.3. The Morgan fingerprint density at radius 2 is 1.74 bits per heavy atom. The number of hydrogen-bond donors (Lipinski definition) is 2. The Kier molecular flexibility index (Phi) is 4.79. The van der Waals surface area contributed by atoms with Crippen molar-refractivity contribution in [1.82, 2.24) is 0 Å². The molecule has 0 radical (unpaired) electrons. The van der Waals surface area contributed by atoms with Crippen LogP contribution in [0.5, 0.6) is 0 Å². The second kappa shape index (κ2) is 6.18. The largest absolute Gasteiger partial charge is 0.388 e. The number of aliphatic hydroxyl groups is 1. The molecule has 106 valence electrons. The third kappa shape index (κ3) is 3.89. The molecular weight excluding hydrogens is 316 g/mol. The van der Waals surface area contributed by atoms with Crippen LogP contribution in [0.25, 0.3) is 0 Å². The molecular formula is C14H18BrF2NO. The first-order chi connectivity index (χ1) is 9.00. The summed E-state index contributed by atoms with van der Waals surface area (Å²) in [7, 11) is 0. The lowest BCUT2D eigenvalue weighted by Gasteiger charge is -2.27. The average molecular weight is 334 g/mol. The van der Waals surface area contributed by atoms with Gasteiger partial charge in [-0.05, 0) is 34.8 Å². The average Bonchev–Trinajstić information content (AvgIpc) is 2.58. The van der Waals surface area contributed by atoms with Crippen LogP contribution in [0.2, 0.25) is 0 Å². The minimum absolute atomic E-state index is 0.212. The van der Waals surface area contributed by atoms with Crippen molar-refractivity contribution in [3.8, 4) is 0 Å². The van der Waals surface area contributed by atoms with Crippen LogP contribution in [-0.2, 0) is 0 Å². The van der Waals surface area contributed by atoms with Crippen LogP contribution in [-0.4, -0.2) is 17.3 Å². The van der Waals surface area contributed by atoms with E-state index in [9.17, 15) is 13.9 Å². The maximum Gasteiger partial charge on any atom is 0.149 e. The van der Waals surface area contributed by atoms with E-state index >= 15 is 0 Å². The molecule has 1 saturated carbocycles. The standard InChI is InChI=1S/C14H18BrF2NO/c15-10-7-13(12(17)8-11(10)16)18-9-14(19)5-3-1-2-4-6-14/h7-8,18-19H,1-6,9H2. The van der Waals surface area contributed by atoms with Crippen LogP contribution in [0.4, 0.5) is 14.5 Å². The van der Waals surface area contributed by atoms with Gasteiger partial charge in [-0.25, -0.2) is 8.78 Å². The summed E-state index contributed by atoms with van der Waals surface area (Å²) in [6, 6.07) is 2.20. The molecule has 0 atom stereocenters. The molecule has 0 heterocycles. The predicted molar refractivity (Wildman–Crippen MR) is 75.2 cm³/mol. The molecule has 1 aliphatic carbocycles. The van der Waals surface area contributed by atoms with E-state index in [1.807, 2.05) is 0 Å². The summed E-state index contributed by atoms with van der Waals surface area (Å²) in [5, 5.41) is 13.4. The van der Waals surface area contributed by atoms with Crippen LogP contribution < -0.4 is 5.32 Å². The predicted octanol–water partition coefficient (Wildman–Crippen LogP) is 4.22. The number of hydrogen-bond acceptors (Lipinski definition) is 2. The molecule has 2 nitrogen and oxygen atoms in total. The molecule has 1 fully saturated rings. The van der Waals surface area contributed by atoms with Gasteiger partial charge < -0.3 is 10.4 Å². The number of benzene rings is 1. The van der Waals surface area contributed by atoms with E-state index in [1.165, 1.54) is 6.07 Å². The van der Waals surface area contributed by atoms with Gasteiger partial charge in [-0.3, -0.25) is 0 Å². The molecule has 0 amide bonds. The zero-order chi connectivity index (χ0) is 13.9. The molecule has 0 unspecified atom stereocenters. The highest BCUT2D eigenvalue weighted by atomic mass is 79.9. The van der Waals surface area contributed by atoms with Crippen LogP contribution >= 0.6 is 15.9 Å². The fourth-order valence-electron chi connectivity index (χ4n) is 2.48. The first-order valence-corrected chi connectivity index (χ1v) is 7.40. The molecule has 1 aromatic carbocycles. The third-order valence-corrected chi connectivity index (χ3v) is 4.26. The SMILES string of the molecule is OC1(CNc2cc(Br)c(F)cc2F)CCCCCC1. The van der Waals surface area contributed by atoms with Gasteiger partial charge in [0, 0.05) is 12.6 Å². The zero-order valence-electron chi connectivity index (χ0n) is 10.7. The van der Waals surface area contributed by atoms with E-state index in [0.29, 0.717) is 6.54 Å². The topological polar surface area (TPSA) is 32.3 Å². The number of anilines is 1.